The second-order valence-electron chi connectivity index (χ2n) is 5.62. The van der Waals surface area contributed by atoms with E-state index in [4.69, 9.17) is 16.3 Å². The van der Waals surface area contributed by atoms with Gasteiger partial charge in [0, 0.05) is 11.3 Å². The van der Waals surface area contributed by atoms with Crippen molar-refractivity contribution in [1.29, 1.82) is 0 Å². The number of hydrogen-bond acceptors (Lipinski definition) is 6. The van der Waals surface area contributed by atoms with E-state index in [0.717, 1.165) is 6.26 Å². The molecule has 0 unspecified atom stereocenters. The number of aromatic nitrogens is 1. The van der Waals surface area contributed by atoms with Crippen molar-refractivity contribution in [1.82, 2.24) is 4.98 Å². The van der Waals surface area contributed by atoms with E-state index in [0.29, 0.717) is 26.1 Å². The maximum atomic E-state index is 12.3. The van der Waals surface area contributed by atoms with Crippen molar-refractivity contribution in [3.8, 4) is 5.75 Å². The molecule has 2 aromatic carbocycles. The number of amides is 1. The summed E-state index contributed by atoms with van der Waals surface area (Å²) in [4.78, 5) is 16.8. The molecule has 0 bridgehead atoms. The molecule has 1 atom stereocenters. The molecule has 1 N–H and O–H groups in total. The van der Waals surface area contributed by atoms with Gasteiger partial charge in [-0.25, -0.2) is 13.4 Å². The quantitative estimate of drug-likeness (QED) is 0.692. The Bertz CT molecular complexity index is 1060. The summed E-state index contributed by atoms with van der Waals surface area (Å²) in [6.45, 7) is 1.62. The molecule has 1 amide bonds. The van der Waals surface area contributed by atoms with Gasteiger partial charge in [0.05, 0.1) is 15.1 Å². The van der Waals surface area contributed by atoms with Crippen molar-refractivity contribution in [2.45, 2.75) is 17.9 Å². The summed E-state index contributed by atoms with van der Waals surface area (Å²) in [6.07, 6.45) is 0.406. The zero-order chi connectivity index (χ0) is 18.9. The third-order valence-electron chi connectivity index (χ3n) is 3.51. The Morgan fingerprint density at radius 2 is 1.92 bits per heavy atom. The molecule has 0 fully saturated rings. The molecule has 9 heteroatoms. The minimum Gasteiger partial charge on any atom is -0.481 e. The minimum absolute atomic E-state index is 0.214. The Kier molecular flexibility index (Phi) is 5.17. The standard InChI is InChI=1S/C17H15ClN2O4S2/c1-10(24-12-5-3-11(18)4-6-12)16(21)20-17-19-14-8-7-13(26(2,22)23)9-15(14)25-17/h3-10H,1-2H3,(H,19,20,21)/t10-/m1/s1. The molecule has 0 aliphatic rings. The van der Waals surface area contributed by atoms with Crippen LogP contribution < -0.4 is 10.1 Å². The number of anilines is 1. The Hall–Kier alpha value is -2.16. The second-order valence-corrected chi connectivity index (χ2v) is 9.11. The number of carbonyl (C=O) groups is 1. The average Bonchev–Trinajstić information content (AvgIpc) is 2.97. The number of halogens is 1. The number of benzene rings is 2. The number of nitrogens with zero attached hydrogens (tertiary/aromatic N) is 1. The van der Waals surface area contributed by atoms with Gasteiger partial charge in [-0.05, 0) is 49.4 Å². The monoisotopic (exact) mass is 410 g/mol. The number of sulfone groups is 1. The van der Waals surface area contributed by atoms with Crippen LogP contribution in [0.2, 0.25) is 5.02 Å². The van der Waals surface area contributed by atoms with E-state index in [9.17, 15) is 13.2 Å². The fourth-order valence-electron chi connectivity index (χ4n) is 2.17. The summed E-state index contributed by atoms with van der Waals surface area (Å²) in [5, 5.41) is 3.65. The predicted molar refractivity (Wildman–Crippen MR) is 103 cm³/mol. The van der Waals surface area contributed by atoms with Gasteiger partial charge in [0.1, 0.15) is 5.75 Å². The predicted octanol–water partition coefficient (Wildman–Crippen LogP) is 3.76. The third kappa shape index (κ3) is 4.32. The topological polar surface area (TPSA) is 85.4 Å². The van der Waals surface area contributed by atoms with Crippen molar-refractivity contribution < 1.29 is 17.9 Å². The summed E-state index contributed by atoms with van der Waals surface area (Å²) in [5.74, 6) is 0.168. The molecule has 136 valence electrons. The first-order chi connectivity index (χ1) is 12.2. The fourth-order valence-corrected chi connectivity index (χ4v) is 3.92. The zero-order valence-electron chi connectivity index (χ0n) is 13.9. The summed E-state index contributed by atoms with van der Waals surface area (Å²) >= 11 is 7.02. The Labute approximate surface area is 159 Å². The smallest absolute Gasteiger partial charge is 0.266 e. The van der Waals surface area contributed by atoms with Crippen molar-refractivity contribution in [3.05, 3.63) is 47.5 Å². The highest BCUT2D eigenvalue weighted by Crippen LogP contribution is 2.28. The molecule has 0 aliphatic heterocycles. The second kappa shape index (κ2) is 7.22. The number of nitrogens with one attached hydrogen (secondary N) is 1. The molecule has 0 saturated heterocycles. The Morgan fingerprint density at radius 1 is 1.23 bits per heavy atom. The largest absolute Gasteiger partial charge is 0.481 e. The normalized spacial score (nSPS) is 12.7. The number of hydrogen-bond donors (Lipinski definition) is 1. The molecule has 26 heavy (non-hydrogen) atoms. The van der Waals surface area contributed by atoms with Gasteiger partial charge in [-0.1, -0.05) is 22.9 Å². The van der Waals surface area contributed by atoms with Crippen molar-refractivity contribution in [3.63, 3.8) is 0 Å². The van der Waals surface area contributed by atoms with Gasteiger partial charge in [0.15, 0.2) is 21.1 Å². The molecule has 3 aromatic rings. The average molecular weight is 411 g/mol. The van der Waals surface area contributed by atoms with Gasteiger partial charge in [0.2, 0.25) is 0 Å². The minimum atomic E-state index is -3.30. The number of thiazole rings is 1. The summed E-state index contributed by atoms with van der Waals surface area (Å²) < 4.78 is 29.5. The zero-order valence-corrected chi connectivity index (χ0v) is 16.3. The van der Waals surface area contributed by atoms with E-state index in [1.807, 2.05) is 0 Å². The van der Waals surface area contributed by atoms with Gasteiger partial charge >= 0.3 is 0 Å². The van der Waals surface area contributed by atoms with Gasteiger partial charge in [0.25, 0.3) is 5.91 Å². The Balaban J connectivity index is 1.73. The molecule has 0 saturated carbocycles. The van der Waals surface area contributed by atoms with Gasteiger partial charge in [-0.15, -0.1) is 0 Å². The van der Waals surface area contributed by atoms with Crippen molar-refractivity contribution in [2.75, 3.05) is 11.6 Å². The van der Waals surface area contributed by atoms with E-state index >= 15 is 0 Å². The van der Waals surface area contributed by atoms with Crippen LogP contribution in [0.3, 0.4) is 0 Å². The first-order valence-corrected chi connectivity index (χ1v) is 10.6. The van der Waals surface area contributed by atoms with Crippen LogP contribution in [0.15, 0.2) is 47.4 Å². The lowest BCUT2D eigenvalue weighted by Crippen LogP contribution is -2.30. The van der Waals surface area contributed by atoms with Gasteiger partial charge in [-0.2, -0.15) is 0 Å². The van der Waals surface area contributed by atoms with Gasteiger partial charge in [-0.3, -0.25) is 10.1 Å². The maximum absolute atomic E-state index is 12.3. The lowest BCUT2D eigenvalue weighted by atomic mass is 10.3. The van der Waals surface area contributed by atoms with Gasteiger partial charge < -0.3 is 4.74 Å². The number of fused-ring (bicyclic) bond motifs is 1. The van der Waals surface area contributed by atoms with Crippen molar-refractivity contribution in [2.24, 2.45) is 0 Å². The lowest BCUT2D eigenvalue weighted by Gasteiger charge is -2.13. The van der Waals surface area contributed by atoms with E-state index in [2.05, 4.69) is 10.3 Å². The van der Waals surface area contributed by atoms with E-state index in [1.54, 1.807) is 43.3 Å². The molecule has 0 radical (unpaired) electrons. The van der Waals surface area contributed by atoms with Crippen LogP contribution in [0.1, 0.15) is 6.92 Å². The first-order valence-electron chi connectivity index (χ1n) is 7.56. The van der Waals surface area contributed by atoms with E-state index in [-0.39, 0.29) is 10.8 Å². The van der Waals surface area contributed by atoms with Crippen LogP contribution in [-0.2, 0) is 14.6 Å². The number of rotatable bonds is 5. The highest BCUT2D eigenvalue weighted by atomic mass is 35.5. The fraction of sp³-hybridized carbons (Fsp3) is 0.176. The van der Waals surface area contributed by atoms with Crippen LogP contribution in [0.5, 0.6) is 5.75 Å². The van der Waals surface area contributed by atoms with E-state index < -0.39 is 15.9 Å². The van der Waals surface area contributed by atoms with Crippen molar-refractivity contribution >= 4 is 54.0 Å². The lowest BCUT2D eigenvalue weighted by molar-refractivity contribution is -0.122. The SMILES string of the molecule is C[C@@H](Oc1ccc(Cl)cc1)C(=O)Nc1nc2ccc(S(C)(=O)=O)cc2s1. The molecule has 1 heterocycles. The third-order valence-corrected chi connectivity index (χ3v) is 5.81. The van der Waals surface area contributed by atoms with Crippen LogP contribution >= 0.6 is 22.9 Å². The van der Waals surface area contributed by atoms with Crippen LogP contribution in [0.25, 0.3) is 10.2 Å². The van der Waals surface area contributed by atoms with E-state index in [1.165, 1.54) is 17.4 Å². The van der Waals surface area contributed by atoms with Crippen LogP contribution in [0.4, 0.5) is 5.13 Å². The molecular formula is C17H15ClN2O4S2. The van der Waals surface area contributed by atoms with Crippen LogP contribution in [0, 0.1) is 0 Å². The summed E-state index contributed by atoms with van der Waals surface area (Å²) in [6, 6.07) is 11.4. The highest BCUT2D eigenvalue weighted by Gasteiger charge is 2.17. The molecule has 6 nitrogen and oxygen atoms in total. The highest BCUT2D eigenvalue weighted by molar-refractivity contribution is 7.90. The Morgan fingerprint density at radius 3 is 2.58 bits per heavy atom. The summed E-state index contributed by atoms with van der Waals surface area (Å²) in [5.41, 5.74) is 0.615. The molecule has 1 aromatic heterocycles. The summed E-state index contributed by atoms with van der Waals surface area (Å²) in [7, 11) is -3.30. The maximum Gasteiger partial charge on any atom is 0.266 e. The molecule has 0 aliphatic carbocycles. The molecule has 0 spiro atoms. The molecule has 3 rings (SSSR count). The first kappa shape index (κ1) is 18.6. The van der Waals surface area contributed by atoms with Crippen LogP contribution in [-0.4, -0.2) is 31.7 Å². The number of ether oxygens (including phenoxy) is 1. The molecular weight excluding hydrogens is 396 g/mol. The number of carbonyl (C=O) groups excluding carboxylic acids is 1.